The van der Waals surface area contributed by atoms with Crippen molar-refractivity contribution >= 4 is 11.3 Å². The maximum atomic E-state index is 5.60. The van der Waals surface area contributed by atoms with Gasteiger partial charge in [-0.05, 0) is 31.7 Å². The Bertz CT molecular complexity index is 389. The number of aromatic nitrogens is 1. The van der Waals surface area contributed by atoms with E-state index in [0.717, 1.165) is 11.6 Å². The van der Waals surface area contributed by atoms with E-state index < -0.39 is 0 Å². The van der Waals surface area contributed by atoms with Gasteiger partial charge >= 0.3 is 0 Å². The number of nitrogens with one attached hydrogen (secondary N) is 1. The zero-order valence-corrected chi connectivity index (χ0v) is 12.6. The molecule has 0 aliphatic heterocycles. The first kappa shape index (κ1) is 14.0. The van der Waals surface area contributed by atoms with Gasteiger partial charge in [0.25, 0.3) is 0 Å². The van der Waals surface area contributed by atoms with E-state index in [2.05, 4.69) is 26.1 Å². The first-order valence-corrected chi connectivity index (χ1v) is 7.74. The van der Waals surface area contributed by atoms with Gasteiger partial charge in [-0.2, -0.15) is 0 Å². The van der Waals surface area contributed by atoms with Crippen molar-refractivity contribution in [3.63, 3.8) is 0 Å². The lowest BCUT2D eigenvalue weighted by Gasteiger charge is -2.21. The van der Waals surface area contributed by atoms with Gasteiger partial charge in [0.05, 0.1) is 11.7 Å². The Kier molecular flexibility index (Phi) is 4.76. The van der Waals surface area contributed by atoms with Crippen molar-refractivity contribution in [3.8, 4) is 0 Å². The molecule has 0 aromatic carbocycles. The van der Waals surface area contributed by atoms with E-state index in [1.54, 1.807) is 7.11 Å². The molecule has 0 saturated carbocycles. The van der Waals surface area contributed by atoms with Crippen LogP contribution in [-0.2, 0) is 11.2 Å². The summed E-state index contributed by atoms with van der Waals surface area (Å²) in [6.45, 7) is 7.55. The SMILES string of the molecule is CCNC1CCCc2sc(C(OC)C(C)C)nc21. The predicted octanol–water partition coefficient (Wildman–Crippen LogP) is 3.47. The second kappa shape index (κ2) is 6.13. The van der Waals surface area contributed by atoms with Crippen molar-refractivity contribution < 1.29 is 4.74 Å². The molecule has 1 aromatic heterocycles. The Balaban J connectivity index is 2.26. The van der Waals surface area contributed by atoms with Gasteiger partial charge < -0.3 is 10.1 Å². The Morgan fingerprint density at radius 3 is 2.89 bits per heavy atom. The first-order chi connectivity index (χ1) is 8.67. The Morgan fingerprint density at radius 2 is 2.28 bits per heavy atom. The molecule has 0 radical (unpaired) electrons. The molecule has 2 unspecified atom stereocenters. The molecule has 0 spiro atoms. The maximum absolute atomic E-state index is 5.60. The molecule has 1 aromatic rings. The van der Waals surface area contributed by atoms with Gasteiger partial charge in [-0.1, -0.05) is 20.8 Å². The number of ether oxygens (including phenoxy) is 1. The number of rotatable bonds is 5. The van der Waals surface area contributed by atoms with Crippen LogP contribution >= 0.6 is 11.3 Å². The number of nitrogens with zero attached hydrogens (tertiary/aromatic N) is 1. The highest BCUT2D eigenvalue weighted by Crippen LogP contribution is 2.37. The molecule has 0 saturated heterocycles. The molecular weight excluding hydrogens is 244 g/mol. The Labute approximate surface area is 114 Å². The highest BCUT2D eigenvalue weighted by molar-refractivity contribution is 7.11. The summed E-state index contributed by atoms with van der Waals surface area (Å²) >= 11 is 1.85. The predicted molar refractivity (Wildman–Crippen MR) is 76.1 cm³/mol. The number of hydrogen-bond acceptors (Lipinski definition) is 4. The fourth-order valence-corrected chi connectivity index (χ4v) is 4.08. The van der Waals surface area contributed by atoms with Gasteiger partial charge in [0.15, 0.2) is 0 Å². The van der Waals surface area contributed by atoms with Crippen LogP contribution in [0.3, 0.4) is 0 Å². The molecule has 2 atom stereocenters. The van der Waals surface area contributed by atoms with Crippen LogP contribution in [0.25, 0.3) is 0 Å². The fraction of sp³-hybridized carbons (Fsp3) is 0.786. The van der Waals surface area contributed by atoms with Crippen LogP contribution in [0.5, 0.6) is 0 Å². The van der Waals surface area contributed by atoms with Crippen LogP contribution < -0.4 is 5.32 Å². The van der Waals surface area contributed by atoms with E-state index in [4.69, 9.17) is 9.72 Å². The third-order valence-electron chi connectivity index (χ3n) is 3.52. The molecule has 1 heterocycles. The van der Waals surface area contributed by atoms with Gasteiger partial charge in [-0.25, -0.2) is 4.98 Å². The molecule has 3 nitrogen and oxygen atoms in total. The molecule has 18 heavy (non-hydrogen) atoms. The molecule has 2 rings (SSSR count). The van der Waals surface area contributed by atoms with Crippen LogP contribution in [-0.4, -0.2) is 18.6 Å². The first-order valence-electron chi connectivity index (χ1n) is 6.93. The Hall–Kier alpha value is -0.450. The fourth-order valence-electron chi connectivity index (χ4n) is 2.66. The lowest BCUT2D eigenvalue weighted by Crippen LogP contribution is -2.24. The lowest BCUT2D eigenvalue weighted by molar-refractivity contribution is 0.0642. The third-order valence-corrected chi connectivity index (χ3v) is 4.72. The number of methoxy groups -OCH3 is 1. The van der Waals surface area contributed by atoms with E-state index in [0.29, 0.717) is 12.0 Å². The third kappa shape index (κ3) is 2.76. The van der Waals surface area contributed by atoms with E-state index in [1.807, 2.05) is 11.3 Å². The van der Waals surface area contributed by atoms with Crippen molar-refractivity contribution in [2.24, 2.45) is 5.92 Å². The molecule has 0 fully saturated rings. The zero-order valence-electron chi connectivity index (χ0n) is 11.8. The van der Waals surface area contributed by atoms with E-state index in [1.165, 1.54) is 29.8 Å². The summed E-state index contributed by atoms with van der Waals surface area (Å²) in [7, 11) is 1.78. The van der Waals surface area contributed by atoms with Crippen LogP contribution in [0.1, 0.15) is 61.3 Å². The quantitative estimate of drug-likeness (QED) is 0.888. The molecular formula is C14H24N2OS. The molecule has 1 N–H and O–H groups in total. The average Bonchev–Trinajstić information content (AvgIpc) is 2.74. The van der Waals surface area contributed by atoms with E-state index in [-0.39, 0.29) is 6.10 Å². The average molecular weight is 268 g/mol. The van der Waals surface area contributed by atoms with Crippen LogP contribution in [0, 0.1) is 5.92 Å². The van der Waals surface area contributed by atoms with Gasteiger partial charge in [0, 0.05) is 12.0 Å². The van der Waals surface area contributed by atoms with Gasteiger partial charge in [-0.3, -0.25) is 0 Å². The molecule has 1 aliphatic carbocycles. The number of aryl methyl sites for hydroxylation is 1. The number of fused-ring (bicyclic) bond motifs is 1. The largest absolute Gasteiger partial charge is 0.374 e. The van der Waals surface area contributed by atoms with E-state index in [9.17, 15) is 0 Å². The summed E-state index contributed by atoms with van der Waals surface area (Å²) in [6.07, 6.45) is 3.81. The summed E-state index contributed by atoms with van der Waals surface area (Å²) < 4.78 is 5.60. The van der Waals surface area contributed by atoms with Crippen molar-refractivity contribution in [3.05, 3.63) is 15.6 Å². The van der Waals surface area contributed by atoms with Crippen molar-refractivity contribution in [2.75, 3.05) is 13.7 Å². The number of hydrogen-bond donors (Lipinski definition) is 1. The van der Waals surface area contributed by atoms with Crippen molar-refractivity contribution in [1.29, 1.82) is 0 Å². The van der Waals surface area contributed by atoms with Gasteiger partial charge in [0.2, 0.25) is 0 Å². The molecule has 0 amide bonds. The monoisotopic (exact) mass is 268 g/mol. The van der Waals surface area contributed by atoms with Crippen LogP contribution in [0.4, 0.5) is 0 Å². The van der Waals surface area contributed by atoms with Crippen molar-refractivity contribution in [2.45, 2.75) is 52.2 Å². The second-order valence-electron chi connectivity index (χ2n) is 5.26. The highest BCUT2D eigenvalue weighted by Gasteiger charge is 2.27. The van der Waals surface area contributed by atoms with Crippen LogP contribution in [0.15, 0.2) is 0 Å². The second-order valence-corrected chi connectivity index (χ2v) is 6.38. The molecule has 102 valence electrons. The minimum absolute atomic E-state index is 0.142. The minimum Gasteiger partial charge on any atom is -0.374 e. The number of thiazole rings is 1. The standard InChI is InChI=1S/C14H24N2OS/c1-5-15-10-7-6-8-11-12(10)16-14(18-11)13(17-4)9(2)3/h9-10,13,15H,5-8H2,1-4H3. The summed E-state index contributed by atoms with van der Waals surface area (Å²) in [4.78, 5) is 6.34. The summed E-state index contributed by atoms with van der Waals surface area (Å²) in [5.41, 5.74) is 1.28. The van der Waals surface area contributed by atoms with Crippen LogP contribution in [0.2, 0.25) is 0 Å². The molecule has 0 bridgehead atoms. The normalized spacial score (nSPS) is 21.1. The smallest absolute Gasteiger partial charge is 0.122 e. The minimum atomic E-state index is 0.142. The van der Waals surface area contributed by atoms with Gasteiger partial charge in [0.1, 0.15) is 11.1 Å². The summed E-state index contributed by atoms with van der Waals surface area (Å²) in [6, 6.07) is 0.452. The summed E-state index contributed by atoms with van der Waals surface area (Å²) in [5.74, 6) is 0.472. The Morgan fingerprint density at radius 1 is 1.50 bits per heavy atom. The molecule has 1 aliphatic rings. The van der Waals surface area contributed by atoms with Crippen molar-refractivity contribution in [1.82, 2.24) is 10.3 Å². The summed E-state index contributed by atoms with van der Waals surface area (Å²) in [5, 5.41) is 4.70. The highest BCUT2D eigenvalue weighted by atomic mass is 32.1. The maximum Gasteiger partial charge on any atom is 0.122 e. The zero-order chi connectivity index (χ0) is 13.1. The van der Waals surface area contributed by atoms with E-state index >= 15 is 0 Å². The lowest BCUT2D eigenvalue weighted by atomic mass is 9.97. The molecule has 4 heteroatoms. The van der Waals surface area contributed by atoms with Gasteiger partial charge in [-0.15, -0.1) is 11.3 Å². The topological polar surface area (TPSA) is 34.1 Å².